The average Bonchev–Trinajstić information content (AvgIpc) is 2.46. The zero-order valence-electron chi connectivity index (χ0n) is 10.5. The molecular weight excluding hydrogens is 281 g/mol. The minimum atomic E-state index is -1.37. The van der Waals surface area contributed by atoms with E-state index in [-0.39, 0.29) is 0 Å². The summed E-state index contributed by atoms with van der Waals surface area (Å²) in [6.07, 6.45) is 3.88. The highest BCUT2D eigenvalue weighted by Crippen LogP contribution is 2.15. The maximum Gasteiger partial charge on any atom is 0.338 e. The van der Waals surface area contributed by atoms with Gasteiger partial charge in [0.25, 0.3) is 0 Å². The molecule has 0 aliphatic rings. The largest absolute Gasteiger partial charge is 0.478 e. The second-order valence-corrected chi connectivity index (χ2v) is 5.67. The number of benzene rings is 1. The Kier molecular flexibility index (Phi) is 4.57. The maximum atomic E-state index is 13.2. The Bertz CT molecular complexity index is 646. The molecule has 20 heavy (non-hydrogen) atoms. The summed E-state index contributed by atoms with van der Waals surface area (Å²) in [5.41, 5.74) is 0.536. The molecule has 1 heterocycles. The first-order valence-electron chi connectivity index (χ1n) is 5.88. The molecule has 4 nitrogen and oxygen atoms in total. The Labute approximate surface area is 117 Å². The van der Waals surface area contributed by atoms with Gasteiger partial charge in [0.1, 0.15) is 5.82 Å². The van der Waals surface area contributed by atoms with Gasteiger partial charge in [0.05, 0.1) is 16.4 Å². The van der Waals surface area contributed by atoms with Crippen LogP contribution in [0.1, 0.15) is 15.9 Å². The molecule has 1 aromatic heterocycles. The third kappa shape index (κ3) is 3.48. The summed E-state index contributed by atoms with van der Waals surface area (Å²) in [6.45, 7) is 0. The molecule has 1 N–H and O–H groups in total. The number of hydrogen-bond donors (Lipinski definition) is 1. The predicted octanol–water partition coefficient (Wildman–Crippen LogP) is 2.27. The van der Waals surface area contributed by atoms with E-state index in [9.17, 15) is 13.4 Å². The van der Waals surface area contributed by atoms with E-state index in [1.165, 1.54) is 6.07 Å². The van der Waals surface area contributed by atoms with E-state index in [1.807, 2.05) is 12.1 Å². The van der Waals surface area contributed by atoms with Crippen molar-refractivity contribution in [2.45, 2.75) is 11.3 Å². The summed E-state index contributed by atoms with van der Waals surface area (Å²) in [6, 6.07) is 7.16. The van der Waals surface area contributed by atoms with Gasteiger partial charge in [-0.15, -0.1) is 0 Å². The summed E-state index contributed by atoms with van der Waals surface area (Å²) in [4.78, 5) is 15.0. The first-order chi connectivity index (χ1) is 9.58. The molecule has 0 aliphatic heterocycles. The van der Waals surface area contributed by atoms with Crippen molar-refractivity contribution >= 4 is 16.8 Å². The lowest BCUT2D eigenvalue weighted by molar-refractivity contribution is 0.0691. The molecule has 1 atom stereocenters. The highest BCUT2D eigenvalue weighted by atomic mass is 32.2. The highest BCUT2D eigenvalue weighted by molar-refractivity contribution is 7.85. The van der Waals surface area contributed by atoms with Crippen molar-refractivity contribution in [3.8, 4) is 0 Å². The van der Waals surface area contributed by atoms with Crippen LogP contribution in [-0.2, 0) is 17.2 Å². The van der Waals surface area contributed by atoms with Crippen molar-refractivity contribution < 1.29 is 18.5 Å². The van der Waals surface area contributed by atoms with E-state index in [4.69, 9.17) is 5.11 Å². The van der Waals surface area contributed by atoms with Crippen LogP contribution in [0.4, 0.5) is 4.39 Å². The van der Waals surface area contributed by atoms with E-state index < -0.39 is 28.1 Å². The van der Waals surface area contributed by atoms with Crippen molar-refractivity contribution in [3.05, 3.63) is 59.7 Å². The van der Waals surface area contributed by atoms with Crippen molar-refractivity contribution in [3.63, 3.8) is 0 Å². The van der Waals surface area contributed by atoms with Gasteiger partial charge in [-0.2, -0.15) is 0 Å². The second-order valence-electron chi connectivity index (χ2n) is 4.10. The fraction of sp³-hybridized carbons (Fsp3) is 0.143. The Morgan fingerprint density at radius 1 is 1.25 bits per heavy atom. The van der Waals surface area contributed by atoms with Crippen molar-refractivity contribution in [1.82, 2.24) is 4.98 Å². The van der Waals surface area contributed by atoms with Gasteiger partial charge in [0, 0.05) is 23.0 Å². The molecule has 1 aromatic carbocycles. The lowest BCUT2D eigenvalue weighted by atomic mass is 10.2. The lowest BCUT2D eigenvalue weighted by Crippen LogP contribution is -2.06. The van der Waals surface area contributed by atoms with Gasteiger partial charge in [-0.25, -0.2) is 9.18 Å². The smallest absolute Gasteiger partial charge is 0.338 e. The third-order valence-corrected chi connectivity index (χ3v) is 4.11. The normalized spacial score (nSPS) is 12.1. The van der Waals surface area contributed by atoms with Gasteiger partial charge in [-0.1, -0.05) is 0 Å². The van der Waals surface area contributed by atoms with Gasteiger partial charge in [0.2, 0.25) is 0 Å². The van der Waals surface area contributed by atoms with Crippen LogP contribution in [0.25, 0.3) is 0 Å². The first kappa shape index (κ1) is 14.3. The molecule has 0 spiro atoms. The van der Waals surface area contributed by atoms with Crippen LogP contribution < -0.4 is 0 Å². The summed E-state index contributed by atoms with van der Waals surface area (Å²) in [7, 11) is -1.37. The van der Waals surface area contributed by atoms with Gasteiger partial charge in [-0.3, -0.25) is 9.19 Å². The van der Waals surface area contributed by atoms with Crippen LogP contribution in [-0.4, -0.2) is 26.0 Å². The summed E-state index contributed by atoms with van der Waals surface area (Å²) in [5.74, 6) is -1.85. The number of nitrogens with zero attached hydrogens (tertiary/aromatic N) is 1. The predicted molar refractivity (Wildman–Crippen MR) is 72.6 cm³/mol. The van der Waals surface area contributed by atoms with E-state index in [1.54, 1.807) is 12.4 Å². The molecule has 0 aliphatic carbocycles. The number of halogens is 1. The van der Waals surface area contributed by atoms with E-state index >= 15 is 0 Å². The molecule has 0 fully saturated rings. The summed E-state index contributed by atoms with van der Waals surface area (Å²) >= 11 is 0. The number of carboxylic acids is 1. The Balaban J connectivity index is 2.10. The molecule has 104 valence electrons. The first-order valence-corrected chi connectivity index (χ1v) is 7.20. The van der Waals surface area contributed by atoms with Crippen molar-refractivity contribution in [1.29, 1.82) is 0 Å². The number of pyridine rings is 1. The van der Waals surface area contributed by atoms with Crippen LogP contribution >= 0.6 is 0 Å². The molecule has 0 saturated heterocycles. The number of rotatable bonds is 5. The number of aromatic carboxylic acids is 1. The van der Waals surface area contributed by atoms with E-state index in [0.717, 1.165) is 17.7 Å². The molecule has 2 aromatic rings. The van der Waals surface area contributed by atoms with E-state index in [2.05, 4.69) is 4.98 Å². The topological polar surface area (TPSA) is 67.3 Å². The molecule has 6 heteroatoms. The van der Waals surface area contributed by atoms with Crippen molar-refractivity contribution in [2.24, 2.45) is 0 Å². The molecule has 0 bridgehead atoms. The van der Waals surface area contributed by atoms with E-state index in [0.29, 0.717) is 17.1 Å². The van der Waals surface area contributed by atoms with Crippen molar-refractivity contribution in [2.75, 3.05) is 5.75 Å². The third-order valence-electron chi connectivity index (χ3n) is 2.76. The number of carboxylic acid groups (broad SMARTS) is 1. The average molecular weight is 293 g/mol. The second kappa shape index (κ2) is 6.38. The zero-order chi connectivity index (χ0) is 14.5. The van der Waals surface area contributed by atoms with Crippen LogP contribution in [0.2, 0.25) is 0 Å². The maximum absolute atomic E-state index is 13.2. The number of hydrogen-bond acceptors (Lipinski definition) is 3. The minimum absolute atomic E-state index is 0.317. The fourth-order valence-electron chi connectivity index (χ4n) is 1.69. The monoisotopic (exact) mass is 293 g/mol. The molecule has 2 rings (SSSR count). The molecular formula is C14H12FNO3S. The zero-order valence-corrected chi connectivity index (χ0v) is 11.3. The molecule has 1 unspecified atom stereocenters. The van der Waals surface area contributed by atoms with Crippen LogP contribution in [0, 0.1) is 5.82 Å². The molecule has 0 saturated carbocycles. The van der Waals surface area contributed by atoms with Gasteiger partial charge < -0.3 is 5.11 Å². The molecule has 0 radical (unpaired) electrons. The van der Waals surface area contributed by atoms with Crippen LogP contribution in [0.15, 0.2) is 47.6 Å². The standard InChI is InChI=1S/C14H12FNO3S/c15-13-2-1-11(9-12(13)14(17)18)20(19)8-5-10-3-6-16-7-4-10/h1-4,6-7,9H,5,8H2,(H,17,18). The number of carbonyl (C=O) groups is 1. The quantitative estimate of drug-likeness (QED) is 0.918. The minimum Gasteiger partial charge on any atom is -0.478 e. The van der Waals surface area contributed by atoms with Crippen LogP contribution in [0.5, 0.6) is 0 Å². The summed E-state index contributed by atoms with van der Waals surface area (Å²) < 4.78 is 25.3. The van der Waals surface area contributed by atoms with Crippen LogP contribution in [0.3, 0.4) is 0 Å². The highest BCUT2D eigenvalue weighted by Gasteiger charge is 2.13. The van der Waals surface area contributed by atoms with Gasteiger partial charge in [-0.05, 0) is 42.3 Å². The molecule has 0 amide bonds. The van der Waals surface area contributed by atoms with Gasteiger partial charge >= 0.3 is 5.97 Å². The number of aryl methyl sites for hydroxylation is 1. The lowest BCUT2D eigenvalue weighted by Gasteiger charge is -2.04. The SMILES string of the molecule is O=C(O)c1cc(S(=O)CCc2ccncc2)ccc1F. The Morgan fingerprint density at radius 3 is 2.60 bits per heavy atom. The summed E-state index contributed by atoms with van der Waals surface area (Å²) in [5, 5.41) is 8.83. The number of aromatic nitrogens is 1. The van der Waals surface area contributed by atoms with Gasteiger partial charge in [0.15, 0.2) is 0 Å². The fourth-order valence-corrected chi connectivity index (χ4v) is 2.81. The Hall–Kier alpha value is -2.08. The Morgan fingerprint density at radius 2 is 1.95 bits per heavy atom.